The van der Waals surface area contributed by atoms with E-state index in [1.165, 1.54) is 0 Å². The molecule has 0 spiro atoms. The summed E-state index contributed by atoms with van der Waals surface area (Å²) in [6.45, 7) is 1.28. The summed E-state index contributed by atoms with van der Waals surface area (Å²) in [5.74, 6) is 1.80. The fourth-order valence-corrected chi connectivity index (χ4v) is 4.55. The Balaban J connectivity index is 1.44. The maximum absolute atomic E-state index is 12.8. The van der Waals surface area contributed by atoms with Crippen LogP contribution in [0.2, 0.25) is 0 Å². The van der Waals surface area contributed by atoms with Crippen LogP contribution in [0.4, 0.5) is 0 Å². The molecule has 0 bridgehead atoms. The van der Waals surface area contributed by atoms with Gasteiger partial charge in [-0.3, -0.25) is 4.79 Å². The molecule has 1 amide bonds. The number of ether oxygens (including phenoxy) is 1. The second-order valence-corrected chi connectivity index (χ2v) is 8.03. The van der Waals surface area contributed by atoms with E-state index in [-0.39, 0.29) is 11.3 Å². The van der Waals surface area contributed by atoms with Gasteiger partial charge in [-0.25, -0.2) is 0 Å². The fraction of sp³-hybridized carbons (Fsp3) is 0.160. The molecular weight excluding hydrogens is 378 g/mol. The number of thioether (sulfide) groups is 1. The maximum atomic E-state index is 12.8. The topological polar surface area (TPSA) is 29.5 Å². The highest BCUT2D eigenvalue weighted by molar-refractivity contribution is 7.99. The van der Waals surface area contributed by atoms with E-state index in [1.807, 2.05) is 77.7 Å². The molecule has 0 aliphatic carbocycles. The van der Waals surface area contributed by atoms with Gasteiger partial charge in [0, 0.05) is 18.4 Å². The van der Waals surface area contributed by atoms with Crippen LogP contribution in [0.5, 0.6) is 5.75 Å². The SMILES string of the molecule is O=C(/C=C/c1ccccc1)N1CCS[C@@H]1c1cccc(OCc2ccccc2)c1. The Bertz CT molecular complexity index is 972. The van der Waals surface area contributed by atoms with Crippen LogP contribution in [0.3, 0.4) is 0 Å². The molecule has 1 aliphatic rings. The van der Waals surface area contributed by atoms with Gasteiger partial charge in [-0.05, 0) is 34.9 Å². The molecule has 4 rings (SSSR count). The molecule has 0 aromatic heterocycles. The standard InChI is InChI=1S/C25H23NO2S/c27-24(15-14-20-8-3-1-4-9-20)26-16-17-29-25(26)22-12-7-13-23(18-22)28-19-21-10-5-2-6-11-21/h1-15,18,25H,16-17,19H2/b15-14+/t25-/m1/s1. The van der Waals surface area contributed by atoms with Gasteiger partial charge in [-0.1, -0.05) is 72.8 Å². The Hall–Kier alpha value is -2.98. The van der Waals surface area contributed by atoms with Crippen LogP contribution in [0.1, 0.15) is 22.1 Å². The van der Waals surface area contributed by atoms with Gasteiger partial charge in [0.1, 0.15) is 17.7 Å². The fourth-order valence-electron chi connectivity index (χ4n) is 3.30. The zero-order valence-corrected chi connectivity index (χ0v) is 16.9. The Kier molecular flexibility index (Phi) is 6.32. The number of hydrogen-bond donors (Lipinski definition) is 0. The third-order valence-electron chi connectivity index (χ3n) is 4.78. The average Bonchev–Trinajstić information content (AvgIpc) is 3.28. The third-order valence-corrected chi connectivity index (χ3v) is 6.04. The van der Waals surface area contributed by atoms with Crippen molar-refractivity contribution in [1.29, 1.82) is 0 Å². The summed E-state index contributed by atoms with van der Waals surface area (Å²) in [6, 6.07) is 28.1. The van der Waals surface area contributed by atoms with E-state index < -0.39 is 0 Å². The Labute approximate surface area is 176 Å². The zero-order valence-electron chi connectivity index (χ0n) is 16.1. The molecule has 0 N–H and O–H groups in total. The van der Waals surface area contributed by atoms with E-state index in [4.69, 9.17) is 4.74 Å². The van der Waals surface area contributed by atoms with Crippen molar-refractivity contribution in [1.82, 2.24) is 4.90 Å². The van der Waals surface area contributed by atoms with Crippen molar-refractivity contribution in [2.24, 2.45) is 0 Å². The Morgan fingerprint density at radius 3 is 2.55 bits per heavy atom. The Morgan fingerprint density at radius 1 is 1.00 bits per heavy atom. The van der Waals surface area contributed by atoms with Crippen LogP contribution in [0, 0.1) is 0 Å². The summed E-state index contributed by atoms with van der Waals surface area (Å²) in [5.41, 5.74) is 3.26. The van der Waals surface area contributed by atoms with Gasteiger partial charge in [0.2, 0.25) is 5.91 Å². The minimum atomic E-state index is 0.0169. The highest BCUT2D eigenvalue weighted by Gasteiger charge is 2.29. The van der Waals surface area contributed by atoms with Crippen LogP contribution >= 0.6 is 11.8 Å². The van der Waals surface area contributed by atoms with Crippen molar-refractivity contribution in [2.45, 2.75) is 12.0 Å². The number of rotatable bonds is 6. The first kappa shape index (κ1) is 19.3. The normalized spacial score (nSPS) is 16.3. The summed E-state index contributed by atoms with van der Waals surface area (Å²) in [5, 5.41) is 0.0169. The van der Waals surface area contributed by atoms with Crippen LogP contribution in [0.15, 0.2) is 91.0 Å². The quantitative estimate of drug-likeness (QED) is 0.507. The molecule has 29 heavy (non-hydrogen) atoms. The molecule has 1 aliphatic heterocycles. The lowest BCUT2D eigenvalue weighted by Gasteiger charge is -2.23. The first-order chi connectivity index (χ1) is 14.3. The lowest BCUT2D eigenvalue weighted by atomic mass is 10.1. The summed E-state index contributed by atoms with van der Waals surface area (Å²) in [6.07, 6.45) is 3.55. The summed E-state index contributed by atoms with van der Waals surface area (Å²) >= 11 is 1.79. The van der Waals surface area contributed by atoms with Gasteiger partial charge in [0.05, 0.1) is 0 Å². The van der Waals surface area contributed by atoms with Crippen molar-refractivity contribution < 1.29 is 9.53 Å². The van der Waals surface area contributed by atoms with E-state index in [0.29, 0.717) is 6.61 Å². The first-order valence-electron chi connectivity index (χ1n) is 9.71. The highest BCUT2D eigenvalue weighted by Crippen LogP contribution is 2.39. The molecular formula is C25H23NO2S. The molecule has 3 aromatic carbocycles. The first-order valence-corrected chi connectivity index (χ1v) is 10.8. The van der Waals surface area contributed by atoms with Crippen LogP contribution in [0.25, 0.3) is 6.08 Å². The van der Waals surface area contributed by atoms with Crippen molar-refractivity contribution in [2.75, 3.05) is 12.3 Å². The highest BCUT2D eigenvalue weighted by atomic mass is 32.2. The van der Waals surface area contributed by atoms with Crippen molar-refractivity contribution in [3.05, 3.63) is 108 Å². The molecule has 0 saturated carbocycles. The summed E-state index contributed by atoms with van der Waals surface area (Å²) in [4.78, 5) is 14.7. The molecule has 1 heterocycles. The van der Waals surface area contributed by atoms with Gasteiger partial charge in [-0.2, -0.15) is 0 Å². The van der Waals surface area contributed by atoms with Crippen molar-refractivity contribution in [3.63, 3.8) is 0 Å². The summed E-state index contributed by atoms with van der Waals surface area (Å²) < 4.78 is 5.97. The van der Waals surface area contributed by atoms with E-state index in [2.05, 4.69) is 18.2 Å². The van der Waals surface area contributed by atoms with Crippen molar-refractivity contribution >= 4 is 23.7 Å². The van der Waals surface area contributed by atoms with Crippen LogP contribution in [-0.2, 0) is 11.4 Å². The molecule has 4 heteroatoms. The molecule has 3 nitrogen and oxygen atoms in total. The minimum absolute atomic E-state index is 0.0169. The lowest BCUT2D eigenvalue weighted by Crippen LogP contribution is -2.28. The smallest absolute Gasteiger partial charge is 0.247 e. The van der Waals surface area contributed by atoms with Gasteiger partial charge < -0.3 is 9.64 Å². The van der Waals surface area contributed by atoms with Gasteiger partial charge in [0.15, 0.2) is 0 Å². The molecule has 3 aromatic rings. The molecule has 1 atom stereocenters. The minimum Gasteiger partial charge on any atom is -0.489 e. The Morgan fingerprint density at radius 2 is 1.76 bits per heavy atom. The molecule has 1 saturated heterocycles. The van der Waals surface area contributed by atoms with E-state index in [0.717, 1.165) is 34.7 Å². The second-order valence-electron chi connectivity index (χ2n) is 6.85. The lowest BCUT2D eigenvalue weighted by molar-refractivity contribution is -0.126. The van der Waals surface area contributed by atoms with Gasteiger partial charge in [-0.15, -0.1) is 11.8 Å². The van der Waals surface area contributed by atoms with E-state index >= 15 is 0 Å². The number of carbonyl (C=O) groups is 1. The monoisotopic (exact) mass is 401 g/mol. The number of carbonyl (C=O) groups excluding carboxylic acids is 1. The van der Waals surface area contributed by atoms with Gasteiger partial charge >= 0.3 is 0 Å². The molecule has 0 unspecified atom stereocenters. The molecule has 1 fully saturated rings. The second kappa shape index (κ2) is 9.48. The van der Waals surface area contributed by atoms with Crippen molar-refractivity contribution in [3.8, 4) is 5.75 Å². The largest absolute Gasteiger partial charge is 0.489 e. The predicted octanol–water partition coefficient (Wildman–Crippen LogP) is 5.55. The third kappa shape index (κ3) is 5.09. The van der Waals surface area contributed by atoms with Crippen LogP contribution in [-0.4, -0.2) is 23.1 Å². The average molecular weight is 402 g/mol. The van der Waals surface area contributed by atoms with Gasteiger partial charge in [0.25, 0.3) is 0 Å². The van der Waals surface area contributed by atoms with E-state index in [1.54, 1.807) is 17.8 Å². The van der Waals surface area contributed by atoms with E-state index in [9.17, 15) is 4.79 Å². The van der Waals surface area contributed by atoms with Crippen LogP contribution < -0.4 is 4.74 Å². The maximum Gasteiger partial charge on any atom is 0.247 e. The number of hydrogen-bond acceptors (Lipinski definition) is 3. The summed E-state index contributed by atoms with van der Waals surface area (Å²) in [7, 11) is 0. The number of amides is 1. The molecule has 146 valence electrons. The number of benzene rings is 3. The molecule has 0 radical (unpaired) electrons. The predicted molar refractivity (Wildman–Crippen MR) is 120 cm³/mol. The zero-order chi connectivity index (χ0) is 19.9. The number of nitrogens with zero attached hydrogens (tertiary/aromatic N) is 1.